The molecule has 0 unspecified atom stereocenters. The molecule has 1 fully saturated rings. The number of amides is 1. The standard InChI is InChI=1S/C19H23ClN4O/c1-14-5-4-6-16(11-14)23-7-9-24(10-8-23)19(25)15-12-17(20)21-18(13-15)22(2)3/h4-6,11-13H,7-10H2,1-3H3. The number of hydrogen-bond acceptors (Lipinski definition) is 4. The minimum absolute atomic E-state index is 0.0105. The average Bonchev–Trinajstić information content (AvgIpc) is 2.60. The maximum Gasteiger partial charge on any atom is 0.254 e. The van der Waals surface area contributed by atoms with Gasteiger partial charge in [0.05, 0.1) is 0 Å². The highest BCUT2D eigenvalue weighted by atomic mass is 35.5. The van der Waals surface area contributed by atoms with Crippen LogP contribution in [0.15, 0.2) is 36.4 Å². The second-order valence-corrected chi connectivity index (χ2v) is 6.94. The molecule has 1 saturated heterocycles. The van der Waals surface area contributed by atoms with Crippen molar-refractivity contribution in [2.24, 2.45) is 0 Å². The molecule has 5 nitrogen and oxygen atoms in total. The number of carbonyl (C=O) groups is 1. The van der Waals surface area contributed by atoms with Gasteiger partial charge in [-0.25, -0.2) is 4.98 Å². The van der Waals surface area contributed by atoms with Gasteiger partial charge in [-0.05, 0) is 36.8 Å². The summed E-state index contributed by atoms with van der Waals surface area (Å²) in [6.45, 7) is 5.15. The van der Waals surface area contributed by atoms with Gasteiger partial charge in [0.15, 0.2) is 0 Å². The van der Waals surface area contributed by atoms with Crippen LogP contribution in [0.2, 0.25) is 5.15 Å². The molecule has 6 heteroatoms. The summed E-state index contributed by atoms with van der Waals surface area (Å²) in [5, 5.41) is 0.341. The van der Waals surface area contributed by atoms with Crippen LogP contribution in [-0.4, -0.2) is 56.1 Å². The Morgan fingerprint density at radius 1 is 1.12 bits per heavy atom. The molecule has 1 aromatic carbocycles. The second-order valence-electron chi connectivity index (χ2n) is 6.55. The van der Waals surface area contributed by atoms with Gasteiger partial charge in [-0.3, -0.25) is 4.79 Å². The highest BCUT2D eigenvalue weighted by molar-refractivity contribution is 6.29. The number of aromatic nitrogens is 1. The maximum absolute atomic E-state index is 12.8. The fourth-order valence-corrected chi connectivity index (χ4v) is 3.21. The van der Waals surface area contributed by atoms with Crippen molar-refractivity contribution in [3.05, 3.63) is 52.7 Å². The molecule has 0 spiro atoms. The van der Waals surface area contributed by atoms with Crippen LogP contribution in [0.25, 0.3) is 0 Å². The fourth-order valence-electron chi connectivity index (χ4n) is 3.01. The van der Waals surface area contributed by atoms with Crippen molar-refractivity contribution in [3.63, 3.8) is 0 Å². The molecule has 2 aromatic rings. The van der Waals surface area contributed by atoms with Crippen molar-refractivity contribution in [3.8, 4) is 0 Å². The van der Waals surface area contributed by atoms with Gasteiger partial charge >= 0.3 is 0 Å². The van der Waals surface area contributed by atoms with Crippen LogP contribution in [0.1, 0.15) is 15.9 Å². The third kappa shape index (κ3) is 4.04. The van der Waals surface area contributed by atoms with E-state index in [1.807, 2.05) is 23.9 Å². The summed E-state index contributed by atoms with van der Waals surface area (Å²) in [5.41, 5.74) is 3.06. The van der Waals surface area contributed by atoms with E-state index in [0.29, 0.717) is 29.6 Å². The van der Waals surface area contributed by atoms with E-state index in [2.05, 4.69) is 41.1 Å². The van der Waals surface area contributed by atoms with E-state index >= 15 is 0 Å². The third-order valence-corrected chi connectivity index (χ3v) is 4.61. The molecule has 1 aliphatic heterocycles. The molecule has 1 amide bonds. The number of pyridine rings is 1. The Kier molecular flexibility index (Phi) is 5.13. The summed E-state index contributed by atoms with van der Waals surface area (Å²) in [5.74, 6) is 0.700. The smallest absolute Gasteiger partial charge is 0.254 e. The van der Waals surface area contributed by atoms with E-state index in [-0.39, 0.29) is 5.91 Å². The second kappa shape index (κ2) is 7.31. The first-order valence-electron chi connectivity index (χ1n) is 8.40. The minimum atomic E-state index is 0.0105. The van der Waals surface area contributed by atoms with Crippen LogP contribution in [0.3, 0.4) is 0 Å². The van der Waals surface area contributed by atoms with E-state index in [1.54, 1.807) is 12.1 Å². The van der Waals surface area contributed by atoms with E-state index in [1.165, 1.54) is 11.3 Å². The molecule has 0 radical (unpaired) electrons. The lowest BCUT2D eigenvalue weighted by Gasteiger charge is -2.36. The Morgan fingerprint density at radius 3 is 2.48 bits per heavy atom. The third-order valence-electron chi connectivity index (χ3n) is 4.42. The van der Waals surface area contributed by atoms with Gasteiger partial charge in [-0.1, -0.05) is 23.7 Å². The van der Waals surface area contributed by atoms with E-state index in [4.69, 9.17) is 11.6 Å². The van der Waals surface area contributed by atoms with Crippen LogP contribution in [-0.2, 0) is 0 Å². The highest BCUT2D eigenvalue weighted by Crippen LogP contribution is 2.21. The number of benzene rings is 1. The van der Waals surface area contributed by atoms with Crippen LogP contribution < -0.4 is 9.80 Å². The van der Waals surface area contributed by atoms with Crippen LogP contribution in [0.4, 0.5) is 11.5 Å². The zero-order valence-electron chi connectivity index (χ0n) is 14.9. The minimum Gasteiger partial charge on any atom is -0.368 e. The molecule has 3 rings (SSSR count). The molecule has 1 aromatic heterocycles. The number of hydrogen-bond donors (Lipinski definition) is 0. The summed E-state index contributed by atoms with van der Waals surface area (Å²) in [4.78, 5) is 23.1. The molecule has 0 N–H and O–H groups in total. The van der Waals surface area contributed by atoms with Crippen LogP contribution in [0, 0.1) is 6.92 Å². The summed E-state index contributed by atoms with van der Waals surface area (Å²) in [6, 6.07) is 11.9. The predicted molar refractivity (Wildman–Crippen MR) is 103 cm³/mol. The number of carbonyl (C=O) groups excluding carboxylic acids is 1. The molecule has 0 atom stereocenters. The molecular weight excluding hydrogens is 336 g/mol. The van der Waals surface area contributed by atoms with E-state index in [0.717, 1.165) is 13.1 Å². The first kappa shape index (κ1) is 17.5. The number of halogens is 1. The summed E-state index contributed by atoms with van der Waals surface area (Å²) in [7, 11) is 3.76. The van der Waals surface area contributed by atoms with Crippen molar-refractivity contribution in [1.82, 2.24) is 9.88 Å². The van der Waals surface area contributed by atoms with Crippen molar-refractivity contribution in [2.45, 2.75) is 6.92 Å². The summed E-state index contributed by atoms with van der Waals surface area (Å²) >= 11 is 6.08. The summed E-state index contributed by atoms with van der Waals surface area (Å²) < 4.78 is 0. The van der Waals surface area contributed by atoms with Gasteiger partial charge in [0.1, 0.15) is 11.0 Å². The fraction of sp³-hybridized carbons (Fsp3) is 0.368. The monoisotopic (exact) mass is 358 g/mol. The quantitative estimate of drug-likeness (QED) is 0.790. The molecular formula is C19H23ClN4O. The normalized spacial score (nSPS) is 14.6. The Balaban J connectivity index is 1.69. The highest BCUT2D eigenvalue weighted by Gasteiger charge is 2.23. The molecule has 1 aliphatic rings. The van der Waals surface area contributed by atoms with Gasteiger partial charge in [0.25, 0.3) is 5.91 Å². The van der Waals surface area contributed by atoms with E-state index < -0.39 is 0 Å². The van der Waals surface area contributed by atoms with Crippen molar-refractivity contribution in [1.29, 1.82) is 0 Å². The SMILES string of the molecule is Cc1cccc(N2CCN(C(=O)c3cc(Cl)nc(N(C)C)c3)CC2)c1. The average molecular weight is 359 g/mol. The number of nitrogens with zero attached hydrogens (tertiary/aromatic N) is 4. The van der Waals surface area contributed by atoms with Gasteiger partial charge in [0, 0.05) is 51.5 Å². The lowest BCUT2D eigenvalue weighted by Crippen LogP contribution is -2.48. The topological polar surface area (TPSA) is 39.7 Å². The largest absolute Gasteiger partial charge is 0.368 e. The van der Waals surface area contributed by atoms with Crippen molar-refractivity contribution in [2.75, 3.05) is 50.1 Å². The van der Waals surface area contributed by atoms with E-state index in [9.17, 15) is 4.79 Å². The molecule has 0 bridgehead atoms. The van der Waals surface area contributed by atoms with Crippen molar-refractivity contribution < 1.29 is 4.79 Å². The zero-order chi connectivity index (χ0) is 18.0. The zero-order valence-corrected chi connectivity index (χ0v) is 15.6. The Bertz CT molecular complexity index is 770. The maximum atomic E-state index is 12.8. The molecule has 2 heterocycles. The summed E-state index contributed by atoms with van der Waals surface area (Å²) in [6.07, 6.45) is 0. The van der Waals surface area contributed by atoms with Crippen LogP contribution >= 0.6 is 11.6 Å². The lowest BCUT2D eigenvalue weighted by molar-refractivity contribution is 0.0746. The first-order chi connectivity index (χ1) is 11.9. The van der Waals surface area contributed by atoms with Crippen LogP contribution in [0.5, 0.6) is 0 Å². The van der Waals surface area contributed by atoms with Gasteiger partial charge in [0.2, 0.25) is 0 Å². The Hall–Kier alpha value is -2.27. The Labute approximate surface area is 153 Å². The Morgan fingerprint density at radius 2 is 1.84 bits per heavy atom. The van der Waals surface area contributed by atoms with Gasteiger partial charge < -0.3 is 14.7 Å². The number of rotatable bonds is 3. The number of aryl methyl sites for hydroxylation is 1. The van der Waals surface area contributed by atoms with Gasteiger partial charge in [-0.2, -0.15) is 0 Å². The first-order valence-corrected chi connectivity index (χ1v) is 8.77. The molecule has 0 saturated carbocycles. The predicted octanol–water partition coefficient (Wildman–Crippen LogP) is 3.07. The number of anilines is 2. The molecule has 25 heavy (non-hydrogen) atoms. The van der Waals surface area contributed by atoms with Gasteiger partial charge in [-0.15, -0.1) is 0 Å². The number of piperazine rings is 1. The van der Waals surface area contributed by atoms with Crippen molar-refractivity contribution >= 4 is 29.0 Å². The molecule has 132 valence electrons. The lowest BCUT2D eigenvalue weighted by atomic mass is 10.1. The molecule has 0 aliphatic carbocycles.